The highest BCUT2D eigenvalue weighted by Crippen LogP contribution is 2.30. The third kappa shape index (κ3) is 4.55. The molecule has 24 heavy (non-hydrogen) atoms. The largest absolute Gasteiger partial charge is 0.465 e. The van der Waals surface area contributed by atoms with Crippen molar-refractivity contribution in [2.45, 2.75) is 39.0 Å². The highest BCUT2D eigenvalue weighted by molar-refractivity contribution is 7.13. The van der Waals surface area contributed by atoms with Crippen LogP contribution in [0.15, 0.2) is 6.20 Å². The molecule has 0 aliphatic carbocycles. The minimum atomic E-state index is -0.275. The zero-order valence-electron chi connectivity index (χ0n) is 14.8. The molecule has 0 radical (unpaired) electrons. The average molecular weight is 352 g/mol. The van der Waals surface area contributed by atoms with Crippen molar-refractivity contribution in [2.75, 3.05) is 39.8 Å². The maximum absolute atomic E-state index is 11.5. The van der Waals surface area contributed by atoms with Gasteiger partial charge in [-0.25, -0.2) is 9.78 Å². The molecule has 0 aromatic carbocycles. The molecular weight excluding hydrogens is 322 g/mol. The number of esters is 1. The molecule has 0 bridgehead atoms. The topological polar surface area (TPSA) is 54.5 Å². The van der Waals surface area contributed by atoms with Crippen molar-refractivity contribution in [3.8, 4) is 0 Å². The van der Waals surface area contributed by atoms with E-state index in [1.54, 1.807) is 6.20 Å². The van der Waals surface area contributed by atoms with Gasteiger partial charge in [-0.2, -0.15) is 0 Å². The van der Waals surface area contributed by atoms with Crippen LogP contribution >= 0.6 is 11.3 Å². The van der Waals surface area contributed by atoms with Crippen LogP contribution in [0.4, 0.5) is 0 Å². The highest BCUT2D eigenvalue weighted by Gasteiger charge is 2.31. The molecule has 2 fully saturated rings. The number of methoxy groups -OCH3 is 1. The maximum Gasteiger partial charge on any atom is 0.349 e. The predicted octanol–water partition coefficient (Wildman–Crippen LogP) is 2.57. The number of piperidine rings is 2. The second-order valence-electron chi connectivity index (χ2n) is 7.62. The number of rotatable bonds is 5. The molecule has 3 rings (SSSR count). The number of thiazole rings is 1. The van der Waals surface area contributed by atoms with E-state index in [9.17, 15) is 4.79 Å². The Morgan fingerprint density at radius 1 is 1.50 bits per heavy atom. The summed E-state index contributed by atoms with van der Waals surface area (Å²) in [5, 5.41) is 4.62. The van der Waals surface area contributed by atoms with Gasteiger partial charge in [0.2, 0.25) is 0 Å². The van der Waals surface area contributed by atoms with Gasteiger partial charge in [-0.15, -0.1) is 11.3 Å². The first kappa shape index (κ1) is 17.8. The van der Waals surface area contributed by atoms with Crippen LogP contribution in [-0.2, 0) is 11.2 Å². The van der Waals surface area contributed by atoms with Crippen LogP contribution in [0, 0.1) is 11.3 Å². The lowest BCUT2D eigenvalue weighted by atomic mass is 9.81. The van der Waals surface area contributed by atoms with Crippen molar-refractivity contribution < 1.29 is 9.53 Å². The number of hydrogen-bond donors (Lipinski definition) is 1. The lowest BCUT2D eigenvalue weighted by Gasteiger charge is -2.41. The third-order valence-corrected chi connectivity index (χ3v) is 6.40. The smallest absolute Gasteiger partial charge is 0.349 e. The lowest BCUT2D eigenvalue weighted by molar-refractivity contribution is 0.0606. The second kappa shape index (κ2) is 7.93. The second-order valence-corrected chi connectivity index (χ2v) is 8.74. The molecule has 1 unspecified atom stereocenters. The molecule has 2 aliphatic heterocycles. The molecule has 0 saturated carbocycles. The first-order valence-corrected chi connectivity index (χ1v) is 9.86. The SMILES string of the molecule is COC(=O)c1cnc(CC2CCN(CC3(C)CCCNC3)CC2)s1. The molecule has 1 atom stereocenters. The summed E-state index contributed by atoms with van der Waals surface area (Å²) in [4.78, 5) is 19.2. The summed E-state index contributed by atoms with van der Waals surface area (Å²) in [6.45, 7) is 8.36. The normalized spacial score (nSPS) is 26.4. The molecule has 3 heterocycles. The van der Waals surface area contributed by atoms with Crippen LogP contribution in [0.2, 0.25) is 0 Å². The summed E-state index contributed by atoms with van der Waals surface area (Å²) in [5.41, 5.74) is 0.440. The van der Waals surface area contributed by atoms with Crippen LogP contribution in [0.25, 0.3) is 0 Å². The minimum absolute atomic E-state index is 0.275. The van der Waals surface area contributed by atoms with Crippen molar-refractivity contribution in [1.29, 1.82) is 0 Å². The zero-order valence-corrected chi connectivity index (χ0v) is 15.7. The summed E-state index contributed by atoms with van der Waals surface area (Å²) in [7, 11) is 1.42. The van der Waals surface area contributed by atoms with E-state index in [1.807, 2.05) is 0 Å². The quantitative estimate of drug-likeness (QED) is 0.827. The first-order chi connectivity index (χ1) is 11.6. The fourth-order valence-corrected chi connectivity index (χ4v) is 4.94. The predicted molar refractivity (Wildman–Crippen MR) is 96.5 cm³/mol. The monoisotopic (exact) mass is 351 g/mol. The van der Waals surface area contributed by atoms with E-state index < -0.39 is 0 Å². The molecular formula is C18H29N3O2S. The Bertz CT molecular complexity index is 546. The summed E-state index contributed by atoms with van der Waals surface area (Å²) in [5.74, 6) is 0.415. The molecule has 1 aromatic heterocycles. The van der Waals surface area contributed by atoms with Gasteiger partial charge in [-0.1, -0.05) is 6.92 Å². The fraction of sp³-hybridized carbons (Fsp3) is 0.778. The Kier molecular flexibility index (Phi) is 5.89. The van der Waals surface area contributed by atoms with Crippen LogP contribution in [0.3, 0.4) is 0 Å². The molecule has 2 saturated heterocycles. The standard InChI is InChI=1S/C18H29N3O2S/c1-18(6-3-7-19-12-18)13-21-8-4-14(5-9-21)10-16-20-11-15(24-16)17(22)23-2/h11,14,19H,3-10,12-13H2,1-2H3. The van der Waals surface area contributed by atoms with Crippen LogP contribution in [0.5, 0.6) is 0 Å². The number of hydrogen-bond acceptors (Lipinski definition) is 6. The van der Waals surface area contributed by atoms with Gasteiger partial charge in [0.1, 0.15) is 4.88 Å². The first-order valence-electron chi connectivity index (χ1n) is 9.04. The molecule has 0 amide bonds. The van der Waals surface area contributed by atoms with E-state index >= 15 is 0 Å². The van der Waals surface area contributed by atoms with Gasteiger partial charge in [0.25, 0.3) is 0 Å². The number of nitrogens with zero attached hydrogens (tertiary/aromatic N) is 2. The molecule has 5 nitrogen and oxygen atoms in total. The van der Waals surface area contributed by atoms with Gasteiger partial charge in [0.15, 0.2) is 0 Å². The van der Waals surface area contributed by atoms with Crippen molar-refractivity contribution in [3.63, 3.8) is 0 Å². The van der Waals surface area contributed by atoms with E-state index in [2.05, 4.69) is 22.1 Å². The van der Waals surface area contributed by atoms with Crippen molar-refractivity contribution in [2.24, 2.45) is 11.3 Å². The Morgan fingerprint density at radius 2 is 2.29 bits per heavy atom. The van der Waals surface area contributed by atoms with Gasteiger partial charge < -0.3 is 15.0 Å². The summed E-state index contributed by atoms with van der Waals surface area (Å²) >= 11 is 1.48. The molecule has 0 spiro atoms. The van der Waals surface area contributed by atoms with E-state index in [0.717, 1.165) is 18.0 Å². The van der Waals surface area contributed by atoms with Gasteiger partial charge in [-0.05, 0) is 56.7 Å². The molecule has 1 N–H and O–H groups in total. The Morgan fingerprint density at radius 3 is 2.96 bits per heavy atom. The van der Waals surface area contributed by atoms with Crippen LogP contribution < -0.4 is 5.32 Å². The van der Waals surface area contributed by atoms with Crippen LogP contribution in [0.1, 0.15) is 47.3 Å². The Labute approximate surface area is 148 Å². The molecule has 2 aliphatic rings. The van der Waals surface area contributed by atoms with Gasteiger partial charge in [0.05, 0.1) is 18.3 Å². The Hall–Kier alpha value is -0.980. The van der Waals surface area contributed by atoms with Crippen molar-refractivity contribution in [3.05, 3.63) is 16.1 Å². The van der Waals surface area contributed by atoms with E-state index in [-0.39, 0.29) is 5.97 Å². The molecule has 6 heteroatoms. The maximum atomic E-state index is 11.5. The lowest BCUT2D eigenvalue weighted by Crippen LogP contribution is -2.47. The number of carbonyl (C=O) groups excluding carboxylic acids is 1. The third-order valence-electron chi connectivity index (χ3n) is 5.40. The summed E-state index contributed by atoms with van der Waals surface area (Å²) < 4.78 is 4.75. The van der Waals surface area contributed by atoms with E-state index in [1.165, 1.54) is 70.3 Å². The summed E-state index contributed by atoms with van der Waals surface area (Å²) in [6.07, 6.45) is 7.76. The number of carbonyl (C=O) groups is 1. The van der Waals surface area contributed by atoms with E-state index in [4.69, 9.17) is 4.74 Å². The van der Waals surface area contributed by atoms with Gasteiger partial charge >= 0.3 is 5.97 Å². The van der Waals surface area contributed by atoms with Crippen molar-refractivity contribution >= 4 is 17.3 Å². The average Bonchev–Trinajstić information content (AvgIpc) is 3.05. The highest BCUT2D eigenvalue weighted by atomic mass is 32.1. The van der Waals surface area contributed by atoms with Crippen LogP contribution in [-0.4, -0.2) is 55.7 Å². The number of likely N-dealkylation sites (tertiary alicyclic amines) is 1. The number of aromatic nitrogens is 1. The number of nitrogens with one attached hydrogen (secondary N) is 1. The number of ether oxygens (including phenoxy) is 1. The van der Waals surface area contributed by atoms with Crippen molar-refractivity contribution in [1.82, 2.24) is 15.2 Å². The van der Waals surface area contributed by atoms with E-state index in [0.29, 0.717) is 16.2 Å². The Balaban J connectivity index is 1.45. The molecule has 134 valence electrons. The zero-order chi connectivity index (χ0) is 17.0. The summed E-state index contributed by atoms with van der Waals surface area (Å²) in [6, 6.07) is 0. The van der Waals surface area contributed by atoms with Gasteiger partial charge in [-0.3, -0.25) is 0 Å². The minimum Gasteiger partial charge on any atom is -0.465 e. The fourth-order valence-electron chi connectivity index (χ4n) is 3.99. The van der Waals surface area contributed by atoms with Gasteiger partial charge in [0, 0.05) is 19.5 Å². The molecule has 1 aromatic rings.